The second kappa shape index (κ2) is 14.0. The lowest BCUT2D eigenvalue weighted by molar-refractivity contribution is 0.300. The summed E-state index contributed by atoms with van der Waals surface area (Å²) in [5.41, 5.74) is 8.97. The van der Waals surface area contributed by atoms with Crippen molar-refractivity contribution in [3.8, 4) is 0 Å². The smallest absolute Gasteiger partial charge is 0.190 e. The second-order valence-electron chi connectivity index (χ2n) is 7.22. The summed E-state index contributed by atoms with van der Waals surface area (Å²) < 4.78 is 31.6. The van der Waals surface area contributed by atoms with Crippen LogP contribution in [0.1, 0.15) is 18.1 Å². The third-order valence-electron chi connectivity index (χ3n) is 4.82. The third kappa shape index (κ3) is 8.17. The molecule has 0 aromatic heterocycles. The highest BCUT2D eigenvalue weighted by atomic mass is 19.1. The number of azo groups is 1. The van der Waals surface area contributed by atoms with Gasteiger partial charge in [0.1, 0.15) is 17.3 Å². The van der Waals surface area contributed by atoms with Gasteiger partial charge in [-0.3, -0.25) is 5.41 Å². The Kier molecular flexibility index (Phi) is 10.8. The van der Waals surface area contributed by atoms with Crippen molar-refractivity contribution in [2.75, 3.05) is 14.2 Å². The SMILES string of the molecule is CN=N/C(C(=C=CC(=N)c1ccccc1F)OC)=C(\C)C1=CC=C=CC=C1.Cc1ccccc1F. The molecule has 1 aliphatic carbocycles. The Bertz CT molecular complexity index is 1300. The van der Waals surface area contributed by atoms with Crippen molar-refractivity contribution >= 4 is 5.71 Å². The van der Waals surface area contributed by atoms with E-state index in [-0.39, 0.29) is 17.1 Å². The minimum absolute atomic E-state index is 0.0196. The predicted molar refractivity (Wildman–Crippen MR) is 136 cm³/mol. The van der Waals surface area contributed by atoms with Crippen molar-refractivity contribution in [3.05, 3.63) is 142 Å². The van der Waals surface area contributed by atoms with Crippen molar-refractivity contribution in [3.63, 3.8) is 0 Å². The zero-order valence-corrected chi connectivity index (χ0v) is 20.1. The molecule has 0 bridgehead atoms. The van der Waals surface area contributed by atoms with E-state index in [0.717, 1.165) is 11.1 Å². The Morgan fingerprint density at radius 1 is 1.06 bits per heavy atom. The van der Waals surface area contributed by atoms with E-state index in [4.69, 9.17) is 10.1 Å². The molecule has 4 nitrogen and oxygen atoms in total. The van der Waals surface area contributed by atoms with Gasteiger partial charge in [-0.2, -0.15) is 10.2 Å². The van der Waals surface area contributed by atoms with Gasteiger partial charge in [0.25, 0.3) is 0 Å². The number of halogens is 2. The Balaban J connectivity index is 0.000000456. The minimum Gasteiger partial charge on any atom is -0.487 e. The molecule has 1 aliphatic rings. The molecule has 0 unspecified atom stereocenters. The number of hydrogen-bond donors (Lipinski definition) is 1. The van der Waals surface area contributed by atoms with E-state index in [2.05, 4.69) is 21.7 Å². The number of nitrogens with zero attached hydrogens (tertiary/aromatic N) is 2. The van der Waals surface area contributed by atoms with Gasteiger partial charge in [-0.1, -0.05) is 48.2 Å². The van der Waals surface area contributed by atoms with E-state index < -0.39 is 5.82 Å². The third-order valence-corrected chi connectivity index (χ3v) is 4.82. The van der Waals surface area contributed by atoms with Gasteiger partial charge in [-0.15, -0.1) is 5.73 Å². The van der Waals surface area contributed by atoms with Gasteiger partial charge < -0.3 is 4.74 Å². The van der Waals surface area contributed by atoms with Crippen molar-refractivity contribution in [2.24, 2.45) is 10.2 Å². The molecular formula is C29H27F2N3O. The summed E-state index contributed by atoms with van der Waals surface area (Å²) >= 11 is 0. The molecule has 0 radical (unpaired) electrons. The number of allylic oxidation sites excluding steroid dienone is 6. The lowest BCUT2D eigenvalue weighted by Crippen LogP contribution is -1.99. The molecule has 6 heteroatoms. The Hall–Kier alpha value is -4.37. The summed E-state index contributed by atoms with van der Waals surface area (Å²) in [5, 5.41) is 16.1. The quantitative estimate of drug-likeness (QED) is 0.153. The largest absolute Gasteiger partial charge is 0.487 e. The van der Waals surface area contributed by atoms with Gasteiger partial charge in [0.15, 0.2) is 5.76 Å². The fourth-order valence-corrected chi connectivity index (χ4v) is 2.90. The molecule has 0 aliphatic heterocycles. The van der Waals surface area contributed by atoms with Crippen LogP contribution in [-0.4, -0.2) is 19.9 Å². The summed E-state index contributed by atoms with van der Waals surface area (Å²) in [6, 6.07) is 12.8. The van der Waals surface area contributed by atoms with Crippen molar-refractivity contribution in [1.29, 1.82) is 5.41 Å². The highest BCUT2D eigenvalue weighted by Crippen LogP contribution is 2.24. The molecular weight excluding hydrogens is 444 g/mol. The molecule has 1 N–H and O–H groups in total. The van der Waals surface area contributed by atoms with Gasteiger partial charge in [0.2, 0.25) is 0 Å². The first-order valence-corrected chi connectivity index (χ1v) is 10.7. The van der Waals surface area contributed by atoms with Crippen molar-refractivity contribution < 1.29 is 13.5 Å². The molecule has 0 heterocycles. The van der Waals surface area contributed by atoms with Crippen LogP contribution < -0.4 is 0 Å². The Morgan fingerprint density at radius 3 is 2.34 bits per heavy atom. The van der Waals surface area contributed by atoms with Crippen LogP contribution in [0, 0.1) is 24.0 Å². The van der Waals surface area contributed by atoms with Crippen LogP contribution in [0.3, 0.4) is 0 Å². The molecule has 2 aromatic rings. The highest BCUT2D eigenvalue weighted by Gasteiger charge is 2.12. The molecule has 178 valence electrons. The summed E-state index contributed by atoms with van der Waals surface area (Å²) in [6.07, 6.45) is 10.7. The van der Waals surface area contributed by atoms with Crippen LogP contribution in [0.2, 0.25) is 0 Å². The molecule has 0 spiro atoms. The van der Waals surface area contributed by atoms with Gasteiger partial charge in [0, 0.05) is 18.7 Å². The van der Waals surface area contributed by atoms with Gasteiger partial charge in [-0.25, -0.2) is 8.78 Å². The van der Waals surface area contributed by atoms with Crippen molar-refractivity contribution in [2.45, 2.75) is 13.8 Å². The zero-order chi connectivity index (χ0) is 25.6. The molecule has 0 saturated heterocycles. The van der Waals surface area contributed by atoms with E-state index in [1.54, 1.807) is 50.4 Å². The second-order valence-corrected chi connectivity index (χ2v) is 7.22. The lowest BCUT2D eigenvalue weighted by Gasteiger charge is -2.09. The molecule has 0 amide bonds. The van der Waals surface area contributed by atoms with E-state index in [0.29, 0.717) is 17.0 Å². The maximum atomic E-state index is 13.8. The number of methoxy groups -OCH3 is 1. The average Bonchev–Trinajstić information content (AvgIpc) is 3.15. The maximum Gasteiger partial charge on any atom is 0.190 e. The number of ether oxygens (including phenoxy) is 1. The average molecular weight is 472 g/mol. The monoisotopic (exact) mass is 471 g/mol. The summed E-state index contributed by atoms with van der Waals surface area (Å²) in [6.45, 7) is 3.64. The van der Waals surface area contributed by atoms with E-state index >= 15 is 0 Å². The maximum absolute atomic E-state index is 13.8. The van der Waals surface area contributed by atoms with E-state index in [9.17, 15) is 8.78 Å². The summed E-state index contributed by atoms with van der Waals surface area (Å²) in [4.78, 5) is 0. The first kappa shape index (κ1) is 26.9. The van der Waals surface area contributed by atoms with E-state index in [1.165, 1.54) is 31.4 Å². The van der Waals surface area contributed by atoms with Gasteiger partial charge >= 0.3 is 0 Å². The molecule has 2 aromatic carbocycles. The highest BCUT2D eigenvalue weighted by molar-refractivity contribution is 6.06. The van der Waals surface area contributed by atoms with Crippen LogP contribution in [0.5, 0.6) is 0 Å². The zero-order valence-electron chi connectivity index (χ0n) is 20.1. The van der Waals surface area contributed by atoms with Crippen LogP contribution in [0.25, 0.3) is 0 Å². The molecule has 0 fully saturated rings. The standard InChI is InChI=1S/C22H20FN3O.C7H7F/c1-16(17-10-6-4-5-7-11-17)22(26-25-2)21(27-3)15-14-20(24)18-12-8-9-13-19(18)23;1-6-4-2-3-5-7(6)8/h4,6-14,24H,1-3H3;2-5H,1H3/b22-16+,24-20?,26-25?;. The lowest BCUT2D eigenvalue weighted by atomic mass is 10.0. The van der Waals surface area contributed by atoms with E-state index in [1.807, 2.05) is 31.2 Å². The van der Waals surface area contributed by atoms with Crippen LogP contribution in [-0.2, 0) is 4.74 Å². The topological polar surface area (TPSA) is 57.8 Å². The Labute approximate surface area is 204 Å². The van der Waals surface area contributed by atoms with Crippen LogP contribution >= 0.6 is 0 Å². The number of aryl methyl sites for hydroxylation is 1. The Morgan fingerprint density at radius 2 is 1.74 bits per heavy atom. The predicted octanol–water partition coefficient (Wildman–Crippen LogP) is 7.58. The van der Waals surface area contributed by atoms with Gasteiger partial charge in [-0.05, 0) is 67.0 Å². The van der Waals surface area contributed by atoms with Gasteiger partial charge in [0.05, 0.1) is 12.8 Å². The van der Waals surface area contributed by atoms with Crippen LogP contribution in [0.15, 0.2) is 129 Å². The fraction of sp³-hybridized carbons (Fsp3) is 0.138. The summed E-state index contributed by atoms with van der Waals surface area (Å²) in [7, 11) is 3.05. The first-order valence-electron chi connectivity index (χ1n) is 10.7. The number of hydrogen-bond acceptors (Lipinski definition) is 4. The van der Waals surface area contributed by atoms with Crippen molar-refractivity contribution in [1.82, 2.24) is 0 Å². The normalized spacial score (nSPS) is 12.6. The number of rotatable bonds is 6. The molecule has 0 atom stereocenters. The first-order chi connectivity index (χ1) is 16.9. The summed E-state index contributed by atoms with van der Waals surface area (Å²) in [5.74, 6) is -0.296. The fourth-order valence-electron chi connectivity index (χ4n) is 2.90. The number of nitrogens with one attached hydrogen (secondary N) is 1. The van der Waals surface area contributed by atoms with Crippen LogP contribution in [0.4, 0.5) is 8.78 Å². The molecule has 3 rings (SSSR count). The number of benzene rings is 2. The molecule has 0 saturated carbocycles. The minimum atomic E-state index is -0.465. The molecule has 35 heavy (non-hydrogen) atoms.